The Balaban J connectivity index is 1.67. The molecule has 3 rings (SSSR count). The summed E-state index contributed by atoms with van der Waals surface area (Å²) in [7, 11) is 1.51. The van der Waals surface area contributed by atoms with Crippen LogP contribution in [-0.4, -0.2) is 31.8 Å². The fraction of sp³-hybridized carbons (Fsp3) is 0.263. The summed E-state index contributed by atoms with van der Waals surface area (Å²) in [6, 6.07) is 11.9. The Morgan fingerprint density at radius 1 is 1.14 bits per heavy atom. The van der Waals surface area contributed by atoms with Gasteiger partial charge >= 0.3 is 6.36 Å². The summed E-state index contributed by atoms with van der Waals surface area (Å²) in [5.41, 5.74) is 0.763. The second kappa shape index (κ2) is 7.79. The predicted molar refractivity (Wildman–Crippen MR) is 95.2 cm³/mol. The molecule has 0 aromatic heterocycles. The molecule has 6 nitrogen and oxygen atoms in total. The van der Waals surface area contributed by atoms with E-state index in [0.29, 0.717) is 11.4 Å². The molecule has 2 aromatic rings. The summed E-state index contributed by atoms with van der Waals surface area (Å²) in [6.07, 6.45) is -4.82. The zero-order chi connectivity index (χ0) is 20.3. The number of nitrogens with one attached hydrogen (secondary N) is 1. The minimum atomic E-state index is -4.82. The van der Waals surface area contributed by atoms with Crippen molar-refractivity contribution >= 4 is 23.2 Å². The molecule has 0 radical (unpaired) electrons. The molecule has 1 fully saturated rings. The maximum Gasteiger partial charge on any atom is 0.573 e. The van der Waals surface area contributed by atoms with E-state index in [1.54, 1.807) is 24.3 Å². The van der Waals surface area contributed by atoms with Crippen molar-refractivity contribution in [1.82, 2.24) is 0 Å². The van der Waals surface area contributed by atoms with E-state index in [1.807, 2.05) is 0 Å². The Kier molecular flexibility index (Phi) is 5.43. The largest absolute Gasteiger partial charge is 0.573 e. The SMILES string of the molecule is COc1cccc(N2C[C@@H](C(=O)Nc3cccc(OC(F)(F)F)c3)CC2=O)c1. The van der Waals surface area contributed by atoms with Crippen LogP contribution < -0.4 is 19.7 Å². The number of carbonyl (C=O) groups is 2. The number of ether oxygens (including phenoxy) is 2. The molecule has 0 bridgehead atoms. The summed E-state index contributed by atoms with van der Waals surface area (Å²) in [4.78, 5) is 26.3. The summed E-state index contributed by atoms with van der Waals surface area (Å²) in [6.45, 7) is 0.163. The van der Waals surface area contributed by atoms with Gasteiger partial charge in [0.25, 0.3) is 0 Å². The maximum atomic E-state index is 12.5. The standard InChI is InChI=1S/C19H17F3N2O4/c1-27-15-6-3-5-14(10-15)24-11-12(8-17(24)25)18(26)23-13-4-2-7-16(9-13)28-19(20,21)22/h2-7,9-10,12H,8,11H2,1H3,(H,23,26)/t12-/m0/s1. The third kappa shape index (κ3) is 4.73. The summed E-state index contributed by atoms with van der Waals surface area (Å²) in [5, 5.41) is 2.54. The molecule has 9 heteroatoms. The molecule has 1 aliphatic heterocycles. The van der Waals surface area contributed by atoms with Gasteiger partial charge in [0.2, 0.25) is 11.8 Å². The Morgan fingerprint density at radius 3 is 2.57 bits per heavy atom. The first-order valence-corrected chi connectivity index (χ1v) is 8.36. The quantitative estimate of drug-likeness (QED) is 0.842. The minimum Gasteiger partial charge on any atom is -0.497 e. The van der Waals surface area contributed by atoms with Gasteiger partial charge in [-0.1, -0.05) is 12.1 Å². The van der Waals surface area contributed by atoms with Crippen LogP contribution in [0, 0.1) is 5.92 Å². The van der Waals surface area contributed by atoms with Crippen molar-refractivity contribution < 1.29 is 32.2 Å². The van der Waals surface area contributed by atoms with E-state index >= 15 is 0 Å². The highest BCUT2D eigenvalue weighted by Crippen LogP contribution is 2.29. The van der Waals surface area contributed by atoms with Gasteiger partial charge in [-0.3, -0.25) is 9.59 Å². The molecule has 1 N–H and O–H groups in total. The van der Waals surface area contributed by atoms with Crippen molar-refractivity contribution in [1.29, 1.82) is 0 Å². The van der Waals surface area contributed by atoms with E-state index in [4.69, 9.17) is 4.74 Å². The highest BCUT2D eigenvalue weighted by Gasteiger charge is 2.35. The van der Waals surface area contributed by atoms with Gasteiger partial charge in [-0.2, -0.15) is 0 Å². The van der Waals surface area contributed by atoms with Crippen molar-refractivity contribution in [3.05, 3.63) is 48.5 Å². The van der Waals surface area contributed by atoms with Gasteiger partial charge in [-0.25, -0.2) is 0 Å². The first-order chi connectivity index (χ1) is 13.2. The van der Waals surface area contributed by atoms with Crippen LogP contribution in [0.4, 0.5) is 24.5 Å². The van der Waals surface area contributed by atoms with Crippen LogP contribution in [0.3, 0.4) is 0 Å². The zero-order valence-electron chi connectivity index (χ0n) is 14.8. The lowest BCUT2D eigenvalue weighted by atomic mass is 10.1. The molecular weight excluding hydrogens is 377 g/mol. The minimum absolute atomic E-state index is 0.00177. The average molecular weight is 394 g/mol. The second-order valence-electron chi connectivity index (χ2n) is 6.17. The number of benzene rings is 2. The van der Waals surface area contributed by atoms with Crippen LogP contribution in [0.25, 0.3) is 0 Å². The van der Waals surface area contributed by atoms with Crippen LogP contribution in [-0.2, 0) is 9.59 Å². The van der Waals surface area contributed by atoms with Crippen molar-refractivity contribution in [2.24, 2.45) is 5.92 Å². The van der Waals surface area contributed by atoms with Crippen LogP contribution in [0.5, 0.6) is 11.5 Å². The van der Waals surface area contributed by atoms with Gasteiger partial charge in [0.1, 0.15) is 11.5 Å². The van der Waals surface area contributed by atoms with Crippen molar-refractivity contribution in [2.75, 3.05) is 23.9 Å². The molecule has 28 heavy (non-hydrogen) atoms. The highest BCUT2D eigenvalue weighted by atomic mass is 19.4. The fourth-order valence-corrected chi connectivity index (χ4v) is 2.93. The van der Waals surface area contributed by atoms with E-state index in [0.717, 1.165) is 12.1 Å². The monoisotopic (exact) mass is 394 g/mol. The Hall–Kier alpha value is -3.23. The van der Waals surface area contributed by atoms with E-state index in [1.165, 1.54) is 24.1 Å². The van der Waals surface area contributed by atoms with Gasteiger partial charge in [-0.05, 0) is 24.3 Å². The third-order valence-electron chi connectivity index (χ3n) is 4.20. The number of hydrogen-bond acceptors (Lipinski definition) is 4. The molecule has 2 amide bonds. The molecule has 0 unspecified atom stereocenters. The van der Waals surface area contributed by atoms with E-state index in [9.17, 15) is 22.8 Å². The van der Waals surface area contributed by atoms with Crippen LogP contribution in [0.2, 0.25) is 0 Å². The number of methoxy groups -OCH3 is 1. The van der Waals surface area contributed by atoms with Crippen LogP contribution in [0.15, 0.2) is 48.5 Å². The lowest BCUT2D eigenvalue weighted by Gasteiger charge is -2.17. The molecule has 0 saturated carbocycles. The van der Waals surface area contributed by atoms with E-state index in [2.05, 4.69) is 10.1 Å². The third-order valence-corrected chi connectivity index (χ3v) is 4.20. The molecule has 2 aromatic carbocycles. The molecule has 1 atom stereocenters. The van der Waals surface area contributed by atoms with Gasteiger partial charge in [0, 0.05) is 36.5 Å². The number of rotatable bonds is 5. The molecule has 1 saturated heterocycles. The summed E-state index contributed by atoms with van der Waals surface area (Å²) >= 11 is 0. The topological polar surface area (TPSA) is 67.9 Å². The second-order valence-corrected chi connectivity index (χ2v) is 6.17. The maximum absolute atomic E-state index is 12.5. The molecule has 1 heterocycles. The number of hydrogen-bond donors (Lipinski definition) is 1. The number of amides is 2. The molecule has 0 aliphatic carbocycles. The van der Waals surface area contributed by atoms with Gasteiger partial charge < -0.3 is 19.7 Å². The first kappa shape index (κ1) is 19.5. The van der Waals surface area contributed by atoms with Crippen molar-refractivity contribution in [2.45, 2.75) is 12.8 Å². The van der Waals surface area contributed by atoms with Crippen LogP contribution >= 0.6 is 0 Å². The number of carbonyl (C=O) groups excluding carboxylic acids is 2. The molecule has 1 aliphatic rings. The Bertz CT molecular complexity index is 885. The molecule has 148 valence electrons. The Morgan fingerprint density at radius 2 is 1.86 bits per heavy atom. The average Bonchev–Trinajstić information content (AvgIpc) is 3.02. The van der Waals surface area contributed by atoms with E-state index < -0.39 is 23.9 Å². The lowest BCUT2D eigenvalue weighted by molar-refractivity contribution is -0.274. The molecule has 0 spiro atoms. The Labute approximate surface area is 158 Å². The normalized spacial score (nSPS) is 16.8. The first-order valence-electron chi connectivity index (χ1n) is 8.36. The highest BCUT2D eigenvalue weighted by molar-refractivity contribution is 6.03. The van der Waals surface area contributed by atoms with E-state index in [-0.39, 0.29) is 24.6 Å². The summed E-state index contributed by atoms with van der Waals surface area (Å²) in [5.74, 6) is -1.16. The van der Waals surface area contributed by atoms with Crippen molar-refractivity contribution in [3.8, 4) is 11.5 Å². The lowest BCUT2D eigenvalue weighted by Crippen LogP contribution is -2.28. The number of nitrogens with zero attached hydrogens (tertiary/aromatic N) is 1. The fourth-order valence-electron chi connectivity index (χ4n) is 2.93. The zero-order valence-corrected chi connectivity index (χ0v) is 14.8. The number of alkyl halides is 3. The van der Waals surface area contributed by atoms with Gasteiger partial charge in [0.15, 0.2) is 0 Å². The number of halogens is 3. The molecular formula is C19H17F3N2O4. The van der Waals surface area contributed by atoms with Gasteiger partial charge in [0.05, 0.1) is 13.0 Å². The van der Waals surface area contributed by atoms with Crippen LogP contribution in [0.1, 0.15) is 6.42 Å². The van der Waals surface area contributed by atoms with Crippen molar-refractivity contribution in [3.63, 3.8) is 0 Å². The summed E-state index contributed by atoms with van der Waals surface area (Å²) < 4.78 is 45.9. The predicted octanol–water partition coefficient (Wildman–Crippen LogP) is 3.59. The smallest absolute Gasteiger partial charge is 0.497 e. The number of anilines is 2. The van der Waals surface area contributed by atoms with Gasteiger partial charge in [-0.15, -0.1) is 13.2 Å².